The lowest BCUT2D eigenvalue weighted by molar-refractivity contribution is -0.384. The van der Waals surface area contributed by atoms with Crippen LogP contribution in [0.15, 0.2) is 42.6 Å². The first-order valence-corrected chi connectivity index (χ1v) is 6.12. The van der Waals surface area contributed by atoms with Crippen LogP contribution in [-0.4, -0.2) is 28.0 Å². The standard InChI is InChI=1S/C14H13N3O4/c1-16(9-10-5-3-2-4-6-10)13-12(17(20)21)7-11(8-15-13)14(18)19/h2-8H,9H2,1H3,(H,18,19). The molecular formula is C14H13N3O4. The molecular weight excluding hydrogens is 274 g/mol. The number of aromatic carboxylic acids is 1. The van der Waals surface area contributed by atoms with Crippen LogP contribution < -0.4 is 4.90 Å². The Hall–Kier alpha value is -2.96. The van der Waals surface area contributed by atoms with Crippen LogP contribution in [0.3, 0.4) is 0 Å². The maximum atomic E-state index is 11.1. The van der Waals surface area contributed by atoms with Crippen molar-refractivity contribution in [3.8, 4) is 0 Å². The molecule has 7 nitrogen and oxygen atoms in total. The number of anilines is 1. The smallest absolute Gasteiger partial charge is 0.337 e. The maximum absolute atomic E-state index is 11.1. The molecule has 2 aromatic rings. The molecule has 1 heterocycles. The fourth-order valence-corrected chi connectivity index (χ4v) is 1.92. The summed E-state index contributed by atoms with van der Waals surface area (Å²) in [5.74, 6) is -1.11. The molecule has 0 spiro atoms. The molecule has 1 N–H and O–H groups in total. The Kier molecular flexibility index (Phi) is 4.13. The van der Waals surface area contributed by atoms with Gasteiger partial charge in [-0.05, 0) is 5.56 Å². The number of carbonyl (C=O) groups is 1. The number of hydrogen-bond donors (Lipinski definition) is 1. The molecule has 108 valence electrons. The molecule has 0 fully saturated rings. The van der Waals surface area contributed by atoms with Gasteiger partial charge in [0.2, 0.25) is 5.82 Å². The van der Waals surface area contributed by atoms with E-state index in [4.69, 9.17) is 5.11 Å². The number of carboxylic acid groups (broad SMARTS) is 1. The van der Waals surface area contributed by atoms with Crippen molar-refractivity contribution in [1.82, 2.24) is 4.98 Å². The number of aromatic nitrogens is 1. The van der Waals surface area contributed by atoms with Crippen LogP contribution in [0, 0.1) is 10.1 Å². The number of nitrogens with zero attached hydrogens (tertiary/aromatic N) is 3. The van der Waals surface area contributed by atoms with E-state index >= 15 is 0 Å². The first-order chi connectivity index (χ1) is 9.99. The summed E-state index contributed by atoms with van der Waals surface area (Å²) < 4.78 is 0. The molecule has 0 saturated carbocycles. The zero-order chi connectivity index (χ0) is 15.4. The Bertz CT molecular complexity index is 673. The van der Waals surface area contributed by atoms with Gasteiger partial charge in [-0.3, -0.25) is 10.1 Å². The largest absolute Gasteiger partial charge is 0.478 e. The van der Waals surface area contributed by atoms with E-state index in [0.717, 1.165) is 17.8 Å². The topological polar surface area (TPSA) is 96.6 Å². The van der Waals surface area contributed by atoms with Crippen molar-refractivity contribution in [3.05, 3.63) is 63.8 Å². The van der Waals surface area contributed by atoms with Gasteiger partial charge in [-0.1, -0.05) is 30.3 Å². The molecule has 0 saturated heterocycles. The molecule has 0 radical (unpaired) electrons. The minimum atomic E-state index is -1.25. The minimum absolute atomic E-state index is 0.133. The summed E-state index contributed by atoms with van der Waals surface area (Å²) in [4.78, 5) is 26.9. The third-order valence-electron chi connectivity index (χ3n) is 2.92. The Morgan fingerprint density at radius 1 is 1.38 bits per heavy atom. The number of hydrogen-bond acceptors (Lipinski definition) is 5. The van der Waals surface area contributed by atoms with E-state index in [2.05, 4.69) is 4.98 Å². The molecule has 0 bridgehead atoms. The van der Waals surface area contributed by atoms with E-state index in [1.807, 2.05) is 30.3 Å². The average molecular weight is 287 g/mol. The Morgan fingerprint density at radius 2 is 2.05 bits per heavy atom. The summed E-state index contributed by atoms with van der Waals surface area (Å²) in [5.41, 5.74) is 0.435. The highest BCUT2D eigenvalue weighted by Gasteiger charge is 2.21. The second-order valence-corrected chi connectivity index (χ2v) is 4.47. The highest BCUT2D eigenvalue weighted by Crippen LogP contribution is 2.26. The number of pyridine rings is 1. The molecule has 0 unspecified atom stereocenters. The van der Waals surface area contributed by atoms with Crippen molar-refractivity contribution in [1.29, 1.82) is 0 Å². The first kappa shape index (κ1) is 14.4. The quantitative estimate of drug-likeness (QED) is 0.669. The number of rotatable bonds is 5. The Labute approximate surface area is 120 Å². The van der Waals surface area contributed by atoms with Gasteiger partial charge in [0, 0.05) is 25.9 Å². The predicted molar refractivity (Wildman–Crippen MR) is 76.4 cm³/mol. The lowest BCUT2D eigenvalue weighted by Crippen LogP contribution is -2.19. The van der Waals surface area contributed by atoms with Crippen LogP contribution >= 0.6 is 0 Å². The molecule has 21 heavy (non-hydrogen) atoms. The zero-order valence-corrected chi connectivity index (χ0v) is 11.3. The van der Waals surface area contributed by atoms with Crippen molar-refractivity contribution in [3.63, 3.8) is 0 Å². The third-order valence-corrected chi connectivity index (χ3v) is 2.92. The van der Waals surface area contributed by atoms with Crippen molar-refractivity contribution >= 4 is 17.5 Å². The molecule has 1 aromatic heterocycles. The summed E-state index contributed by atoms with van der Waals surface area (Å²) in [6.45, 7) is 0.432. The average Bonchev–Trinajstić information content (AvgIpc) is 2.47. The maximum Gasteiger partial charge on any atom is 0.337 e. The van der Waals surface area contributed by atoms with Gasteiger partial charge in [0.1, 0.15) is 0 Å². The van der Waals surface area contributed by atoms with E-state index in [1.165, 1.54) is 0 Å². The van der Waals surface area contributed by atoms with Gasteiger partial charge in [0.15, 0.2) is 0 Å². The summed E-state index contributed by atoms with van der Waals surface area (Å²) in [6.07, 6.45) is 1.12. The Morgan fingerprint density at radius 3 is 2.62 bits per heavy atom. The summed E-state index contributed by atoms with van der Waals surface area (Å²) >= 11 is 0. The van der Waals surface area contributed by atoms with Gasteiger partial charge < -0.3 is 10.0 Å². The van der Waals surface area contributed by atoms with Gasteiger partial charge in [-0.25, -0.2) is 9.78 Å². The molecule has 0 aliphatic heterocycles. The SMILES string of the molecule is CN(Cc1ccccc1)c1ncc(C(=O)O)cc1[N+](=O)[O-]. The second-order valence-electron chi connectivity index (χ2n) is 4.47. The van der Waals surface area contributed by atoms with Gasteiger partial charge in [0.25, 0.3) is 0 Å². The summed E-state index contributed by atoms with van der Waals surface area (Å²) in [5, 5.41) is 20.0. The fraction of sp³-hybridized carbons (Fsp3) is 0.143. The van der Waals surface area contributed by atoms with E-state index in [0.29, 0.717) is 6.54 Å². The van der Waals surface area contributed by atoms with E-state index in [-0.39, 0.29) is 17.1 Å². The van der Waals surface area contributed by atoms with Crippen molar-refractivity contribution < 1.29 is 14.8 Å². The predicted octanol–water partition coefficient (Wildman–Crippen LogP) is 2.32. The Balaban J connectivity index is 2.34. The number of nitro groups is 1. The normalized spacial score (nSPS) is 10.1. The highest BCUT2D eigenvalue weighted by atomic mass is 16.6. The lowest BCUT2D eigenvalue weighted by Gasteiger charge is -2.18. The monoisotopic (exact) mass is 287 g/mol. The first-order valence-electron chi connectivity index (χ1n) is 6.12. The summed E-state index contributed by atoms with van der Waals surface area (Å²) in [7, 11) is 1.67. The zero-order valence-electron chi connectivity index (χ0n) is 11.3. The van der Waals surface area contributed by atoms with Gasteiger partial charge >= 0.3 is 11.7 Å². The van der Waals surface area contributed by atoms with E-state index in [1.54, 1.807) is 11.9 Å². The number of carboxylic acids is 1. The lowest BCUT2D eigenvalue weighted by atomic mass is 10.2. The fourth-order valence-electron chi connectivity index (χ4n) is 1.92. The highest BCUT2D eigenvalue weighted by molar-refractivity contribution is 5.88. The molecule has 0 amide bonds. The van der Waals surface area contributed by atoms with Crippen molar-refractivity contribution in [2.45, 2.75) is 6.54 Å². The van der Waals surface area contributed by atoms with Crippen LogP contribution in [0.2, 0.25) is 0 Å². The van der Waals surface area contributed by atoms with Gasteiger partial charge in [-0.2, -0.15) is 0 Å². The van der Waals surface area contributed by atoms with E-state index in [9.17, 15) is 14.9 Å². The second kappa shape index (κ2) is 6.00. The molecule has 1 aromatic carbocycles. The van der Waals surface area contributed by atoms with E-state index < -0.39 is 10.9 Å². The molecule has 0 aliphatic rings. The summed E-state index contributed by atoms with van der Waals surface area (Å²) in [6, 6.07) is 10.4. The van der Waals surface area contributed by atoms with Crippen molar-refractivity contribution in [2.75, 3.05) is 11.9 Å². The molecule has 0 atom stereocenters. The van der Waals surface area contributed by atoms with Gasteiger partial charge in [0.05, 0.1) is 10.5 Å². The van der Waals surface area contributed by atoms with Crippen LogP contribution in [0.25, 0.3) is 0 Å². The van der Waals surface area contributed by atoms with Crippen LogP contribution in [-0.2, 0) is 6.54 Å². The van der Waals surface area contributed by atoms with Crippen LogP contribution in [0.4, 0.5) is 11.5 Å². The van der Waals surface area contributed by atoms with Crippen LogP contribution in [0.1, 0.15) is 15.9 Å². The third kappa shape index (κ3) is 3.33. The molecule has 7 heteroatoms. The molecule has 2 rings (SSSR count). The van der Waals surface area contributed by atoms with Crippen molar-refractivity contribution in [2.24, 2.45) is 0 Å². The number of benzene rings is 1. The van der Waals surface area contributed by atoms with Crippen LogP contribution in [0.5, 0.6) is 0 Å². The molecule has 0 aliphatic carbocycles. The minimum Gasteiger partial charge on any atom is -0.478 e. The van der Waals surface area contributed by atoms with Gasteiger partial charge in [-0.15, -0.1) is 0 Å².